The summed E-state index contributed by atoms with van der Waals surface area (Å²) in [5, 5.41) is 0. The summed E-state index contributed by atoms with van der Waals surface area (Å²) < 4.78 is 11.4. The Morgan fingerprint density at radius 2 is 2.00 bits per heavy atom. The van der Waals surface area contributed by atoms with Crippen LogP contribution in [0.25, 0.3) is 0 Å². The van der Waals surface area contributed by atoms with Crippen LogP contribution in [0, 0.1) is 5.41 Å². The van der Waals surface area contributed by atoms with Gasteiger partial charge in [-0.05, 0) is 68.7 Å². The first-order chi connectivity index (χ1) is 13.5. The van der Waals surface area contributed by atoms with Gasteiger partial charge in [0, 0.05) is 24.4 Å². The predicted octanol–water partition coefficient (Wildman–Crippen LogP) is 3.74. The largest absolute Gasteiger partial charge is 0.493 e. The van der Waals surface area contributed by atoms with E-state index in [1.807, 2.05) is 6.07 Å². The Balaban J connectivity index is 1.78. The van der Waals surface area contributed by atoms with Gasteiger partial charge in [-0.1, -0.05) is 13.0 Å². The van der Waals surface area contributed by atoms with Gasteiger partial charge in [0.05, 0.1) is 19.9 Å². The molecule has 2 saturated heterocycles. The van der Waals surface area contributed by atoms with Gasteiger partial charge in [0.25, 0.3) is 0 Å². The molecule has 0 N–H and O–H groups in total. The Morgan fingerprint density at radius 1 is 1.18 bits per heavy atom. The molecule has 0 unspecified atom stereocenters. The van der Waals surface area contributed by atoms with E-state index in [9.17, 15) is 4.79 Å². The van der Waals surface area contributed by atoms with Gasteiger partial charge in [0.2, 0.25) is 5.91 Å². The van der Waals surface area contributed by atoms with E-state index in [2.05, 4.69) is 22.8 Å². The number of nitrogens with zero attached hydrogens (tertiary/aromatic N) is 2. The third-order valence-electron chi connectivity index (χ3n) is 8.49. The fourth-order valence-corrected chi connectivity index (χ4v) is 7.58. The van der Waals surface area contributed by atoms with Crippen molar-refractivity contribution in [2.45, 2.75) is 69.9 Å². The van der Waals surface area contributed by atoms with Crippen LogP contribution in [0.5, 0.6) is 11.5 Å². The summed E-state index contributed by atoms with van der Waals surface area (Å²) in [5.41, 5.74) is 2.69. The third kappa shape index (κ3) is 1.99. The number of ether oxygens (including phenoxy) is 2. The van der Waals surface area contributed by atoms with Crippen LogP contribution in [0.2, 0.25) is 0 Å². The monoisotopic (exact) mass is 384 g/mol. The highest BCUT2D eigenvalue weighted by Gasteiger charge is 2.68. The van der Waals surface area contributed by atoms with Crippen LogP contribution in [-0.4, -0.2) is 50.2 Å². The SMILES string of the molecule is CC[C@]12CCCN3CC[C@]4(c5ccc(OC)c(OC)c5N(C(C)=O)[C@@H]4CC1)[C@@H]32. The molecule has 1 aliphatic carbocycles. The maximum absolute atomic E-state index is 12.9. The highest BCUT2D eigenvalue weighted by atomic mass is 16.5. The summed E-state index contributed by atoms with van der Waals surface area (Å²) in [6.45, 7) is 6.42. The maximum atomic E-state index is 12.9. The molecule has 0 aromatic heterocycles. The second-order valence-corrected chi connectivity index (χ2v) is 9.19. The number of carbonyl (C=O) groups is 1. The molecule has 3 aliphatic heterocycles. The molecule has 3 fully saturated rings. The van der Waals surface area contributed by atoms with Gasteiger partial charge >= 0.3 is 0 Å². The van der Waals surface area contributed by atoms with Crippen LogP contribution in [0.3, 0.4) is 0 Å². The topological polar surface area (TPSA) is 42.0 Å². The lowest BCUT2D eigenvalue weighted by atomic mass is 9.52. The Hall–Kier alpha value is -1.75. The molecule has 0 bridgehead atoms. The average molecular weight is 385 g/mol. The van der Waals surface area contributed by atoms with E-state index in [4.69, 9.17) is 9.47 Å². The van der Waals surface area contributed by atoms with Gasteiger partial charge in [-0.15, -0.1) is 0 Å². The van der Waals surface area contributed by atoms with E-state index in [1.165, 1.54) is 37.8 Å². The molecule has 1 aromatic carbocycles. The van der Waals surface area contributed by atoms with Crippen molar-refractivity contribution in [2.24, 2.45) is 5.41 Å². The molecular weight excluding hydrogens is 352 g/mol. The molecule has 4 atom stereocenters. The summed E-state index contributed by atoms with van der Waals surface area (Å²) in [6.07, 6.45) is 7.29. The number of anilines is 1. The standard InChI is InChI=1S/C23H32N2O3/c1-5-22-10-6-13-24-14-12-23(21(22)24)16-7-8-17(27-3)20(28-4)19(16)25(15(2)26)18(23)9-11-22/h7-8,18,21H,5-6,9-14H2,1-4H3/t18-,21+,22+,23-/m1/s1. The van der Waals surface area contributed by atoms with E-state index in [0.29, 0.717) is 17.2 Å². The fraction of sp³-hybridized carbons (Fsp3) is 0.696. The zero-order valence-electron chi connectivity index (χ0n) is 17.6. The van der Waals surface area contributed by atoms with Crippen molar-refractivity contribution < 1.29 is 14.3 Å². The number of carbonyl (C=O) groups excluding carboxylic acids is 1. The number of hydrogen-bond acceptors (Lipinski definition) is 4. The molecule has 4 aliphatic rings. The molecule has 1 amide bonds. The Kier molecular flexibility index (Phi) is 4.00. The molecule has 152 valence electrons. The van der Waals surface area contributed by atoms with Crippen molar-refractivity contribution in [3.8, 4) is 11.5 Å². The van der Waals surface area contributed by atoms with Gasteiger partial charge in [0.1, 0.15) is 0 Å². The summed E-state index contributed by atoms with van der Waals surface area (Å²) in [4.78, 5) is 17.7. The highest BCUT2D eigenvalue weighted by molar-refractivity contribution is 5.99. The maximum Gasteiger partial charge on any atom is 0.224 e. The van der Waals surface area contributed by atoms with E-state index in [0.717, 1.165) is 30.8 Å². The van der Waals surface area contributed by atoms with Crippen LogP contribution in [0.1, 0.15) is 57.9 Å². The second kappa shape index (κ2) is 6.12. The van der Waals surface area contributed by atoms with Crippen LogP contribution in [0.15, 0.2) is 12.1 Å². The lowest BCUT2D eigenvalue weighted by Crippen LogP contribution is -2.65. The normalized spacial score (nSPS) is 35.9. The lowest BCUT2D eigenvalue weighted by molar-refractivity contribution is -0.118. The van der Waals surface area contributed by atoms with Crippen molar-refractivity contribution in [3.05, 3.63) is 17.7 Å². The third-order valence-corrected chi connectivity index (χ3v) is 8.49. The molecular formula is C23H32N2O3. The van der Waals surface area contributed by atoms with Crippen molar-refractivity contribution in [2.75, 3.05) is 32.2 Å². The molecule has 5 heteroatoms. The van der Waals surface area contributed by atoms with Crippen LogP contribution in [0.4, 0.5) is 5.69 Å². The van der Waals surface area contributed by atoms with Gasteiger partial charge < -0.3 is 14.4 Å². The van der Waals surface area contributed by atoms with Crippen LogP contribution in [-0.2, 0) is 10.2 Å². The fourth-order valence-electron chi connectivity index (χ4n) is 7.58. The predicted molar refractivity (Wildman–Crippen MR) is 109 cm³/mol. The quantitative estimate of drug-likeness (QED) is 0.796. The zero-order chi connectivity index (χ0) is 19.7. The summed E-state index contributed by atoms with van der Waals surface area (Å²) >= 11 is 0. The summed E-state index contributed by atoms with van der Waals surface area (Å²) in [5.74, 6) is 1.55. The molecule has 0 radical (unpaired) electrons. The lowest BCUT2D eigenvalue weighted by Gasteiger charge is -2.58. The second-order valence-electron chi connectivity index (χ2n) is 9.19. The summed E-state index contributed by atoms with van der Waals surface area (Å²) in [7, 11) is 3.36. The molecule has 1 saturated carbocycles. The van der Waals surface area contributed by atoms with Crippen molar-refractivity contribution in [3.63, 3.8) is 0 Å². The number of fused-ring (bicyclic) bond motifs is 1. The van der Waals surface area contributed by atoms with E-state index in [1.54, 1.807) is 21.1 Å². The van der Waals surface area contributed by atoms with Crippen LogP contribution < -0.4 is 14.4 Å². The molecule has 5 nitrogen and oxygen atoms in total. The number of benzene rings is 1. The highest BCUT2D eigenvalue weighted by Crippen LogP contribution is 2.67. The van der Waals surface area contributed by atoms with E-state index in [-0.39, 0.29) is 17.4 Å². The minimum absolute atomic E-state index is 0.0231. The first-order valence-corrected chi connectivity index (χ1v) is 10.8. The van der Waals surface area contributed by atoms with Crippen molar-refractivity contribution in [1.29, 1.82) is 0 Å². The number of amides is 1. The van der Waals surface area contributed by atoms with Gasteiger partial charge in [-0.3, -0.25) is 9.69 Å². The number of hydrogen-bond donors (Lipinski definition) is 0. The molecule has 1 aromatic rings. The van der Waals surface area contributed by atoms with Crippen molar-refractivity contribution >= 4 is 11.6 Å². The summed E-state index contributed by atoms with van der Waals surface area (Å²) in [6, 6.07) is 5.03. The van der Waals surface area contributed by atoms with E-state index >= 15 is 0 Å². The first kappa shape index (κ1) is 18.3. The minimum atomic E-state index is 0.0231. The van der Waals surface area contributed by atoms with Gasteiger partial charge in [-0.25, -0.2) is 0 Å². The van der Waals surface area contributed by atoms with Gasteiger partial charge in [-0.2, -0.15) is 0 Å². The van der Waals surface area contributed by atoms with Crippen LogP contribution >= 0.6 is 0 Å². The minimum Gasteiger partial charge on any atom is -0.493 e. The Labute approximate surface area is 168 Å². The smallest absolute Gasteiger partial charge is 0.224 e. The van der Waals surface area contributed by atoms with E-state index < -0.39 is 0 Å². The van der Waals surface area contributed by atoms with Gasteiger partial charge in [0.15, 0.2) is 11.5 Å². The molecule has 1 spiro atoms. The zero-order valence-corrected chi connectivity index (χ0v) is 17.6. The number of methoxy groups -OCH3 is 2. The van der Waals surface area contributed by atoms with Crippen molar-refractivity contribution in [1.82, 2.24) is 4.90 Å². The molecule has 28 heavy (non-hydrogen) atoms. The Morgan fingerprint density at radius 3 is 2.68 bits per heavy atom. The first-order valence-electron chi connectivity index (χ1n) is 10.8. The number of piperidine rings is 1. The number of rotatable bonds is 3. The average Bonchev–Trinajstić information content (AvgIpc) is 3.25. The molecule has 3 heterocycles. The Bertz CT molecular complexity index is 824. The molecule has 5 rings (SSSR count).